The molecule has 0 fully saturated rings. The highest BCUT2D eigenvalue weighted by Crippen LogP contribution is 2.47. The van der Waals surface area contributed by atoms with Crippen molar-refractivity contribution in [3.63, 3.8) is 0 Å². The van der Waals surface area contributed by atoms with Crippen molar-refractivity contribution in [2.45, 2.75) is 39.3 Å². The molecule has 0 saturated heterocycles. The highest BCUT2D eigenvalue weighted by atomic mass is 15.2. The zero-order valence-electron chi connectivity index (χ0n) is 27.2. The number of benzene rings is 6. The Labute approximate surface area is 277 Å². The highest BCUT2D eigenvalue weighted by molar-refractivity contribution is 6.13. The summed E-state index contributed by atoms with van der Waals surface area (Å²) >= 11 is 0. The van der Waals surface area contributed by atoms with Crippen LogP contribution in [0.1, 0.15) is 58.8 Å². The van der Waals surface area contributed by atoms with E-state index in [4.69, 9.17) is 9.98 Å². The summed E-state index contributed by atoms with van der Waals surface area (Å²) in [5.41, 5.74) is 8.92. The number of allylic oxidation sites excluding steroid dienone is 1. The molecular formula is C44H39N3. The largest absolute Gasteiger partial charge is 0.328 e. The van der Waals surface area contributed by atoms with E-state index in [1.54, 1.807) is 0 Å². The summed E-state index contributed by atoms with van der Waals surface area (Å²) in [4.78, 5) is 10.5. The molecule has 47 heavy (non-hydrogen) atoms. The second kappa shape index (κ2) is 12.1. The van der Waals surface area contributed by atoms with E-state index in [9.17, 15) is 0 Å². The first-order chi connectivity index (χ1) is 23.0. The smallest absolute Gasteiger partial charge is 0.169 e. The average molecular weight is 610 g/mol. The second-order valence-electron chi connectivity index (χ2n) is 13.3. The van der Waals surface area contributed by atoms with Crippen LogP contribution in [0.25, 0.3) is 27.1 Å². The standard InChI is InChI=1S/C44H39N3/c1-28-22-29(2)24-35(23-28)39-26-36(41-37-20-12-10-18-33(37)25-34-19-11-13-21-38(34)41)27-40(30(39)3)44-46-42(31-14-6-4-7-15-31)45-43(47-44)32-16-8-5-9-17-32/h4-25,27,30,39-40,42H,26H2,1-3H3,(H,45,46,47). The van der Waals surface area contributed by atoms with Crippen molar-refractivity contribution in [3.8, 4) is 0 Å². The lowest BCUT2D eigenvalue weighted by Crippen LogP contribution is -2.43. The molecule has 230 valence electrons. The number of nitrogens with zero attached hydrogens (tertiary/aromatic N) is 2. The molecule has 0 saturated carbocycles. The number of hydrogen-bond donors (Lipinski definition) is 1. The number of hydrogen-bond acceptors (Lipinski definition) is 3. The van der Waals surface area contributed by atoms with E-state index in [0.29, 0.717) is 11.8 Å². The van der Waals surface area contributed by atoms with Gasteiger partial charge in [0, 0.05) is 11.5 Å². The summed E-state index contributed by atoms with van der Waals surface area (Å²) in [7, 11) is 0. The van der Waals surface area contributed by atoms with E-state index in [2.05, 4.69) is 166 Å². The van der Waals surface area contributed by atoms with Crippen molar-refractivity contribution in [1.82, 2.24) is 5.32 Å². The first kappa shape index (κ1) is 29.1. The van der Waals surface area contributed by atoms with E-state index in [1.165, 1.54) is 49.4 Å². The first-order valence-electron chi connectivity index (χ1n) is 16.7. The molecule has 6 aromatic carbocycles. The SMILES string of the molecule is Cc1cc(C)cc(C2CC(c3c4ccccc4cc4ccccc34)=CC(C3=NC(c4ccccc4)N=C(c4ccccc4)N3)C2C)c1. The number of aryl methyl sites for hydroxylation is 2. The lowest BCUT2D eigenvalue weighted by atomic mass is 9.68. The van der Waals surface area contributed by atoms with Crippen molar-refractivity contribution in [2.24, 2.45) is 21.8 Å². The van der Waals surface area contributed by atoms with Crippen LogP contribution in [0.15, 0.2) is 150 Å². The fourth-order valence-electron chi connectivity index (χ4n) is 7.78. The zero-order chi connectivity index (χ0) is 31.9. The number of rotatable bonds is 5. The molecule has 0 bridgehead atoms. The maximum atomic E-state index is 5.39. The molecule has 2 aliphatic rings. The minimum Gasteiger partial charge on any atom is -0.328 e. The molecule has 4 atom stereocenters. The molecule has 1 heterocycles. The van der Waals surface area contributed by atoms with Gasteiger partial charge in [0.05, 0.1) is 0 Å². The van der Waals surface area contributed by atoms with Crippen molar-refractivity contribution in [2.75, 3.05) is 0 Å². The summed E-state index contributed by atoms with van der Waals surface area (Å²) in [5.74, 6) is 2.53. The number of nitrogens with one attached hydrogen (secondary N) is 1. The zero-order valence-corrected chi connectivity index (χ0v) is 27.2. The van der Waals surface area contributed by atoms with Crippen molar-refractivity contribution >= 4 is 38.8 Å². The topological polar surface area (TPSA) is 36.8 Å². The fraction of sp³-hybridized carbons (Fsp3) is 0.182. The molecule has 0 amide bonds. The summed E-state index contributed by atoms with van der Waals surface area (Å²) in [6.07, 6.45) is 3.18. The Morgan fingerprint density at radius 1 is 0.617 bits per heavy atom. The predicted octanol–water partition coefficient (Wildman–Crippen LogP) is 10.6. The van der Waals surface area contributed by atoms with Crippen LogP contribution in [0.3, 0.4) is 0 Å². The fourth-order valence-corrected chi connectivity index (χ4v) is 7.78. The predicted molar refractivity (Wildman–Crippen MR) is 198 cm³/mol. The summed E-state index contributed by atoms with van der Waals surface area (Å²) in [6, 6.07) is 48.1. The third-order valence-electron chi connectivity index (χ3n) is 10.0. The third-order valence-corrected chi connectivity index (χ3v) is 10.0. The van der Waals surface area contributed by atoms with E-state index in [1.807, 2.05) is 0 Å². The Morgan fingerprint density at radius 2 is 1.21 bits per heavy atom. The first-order valence-corrected chi connectivity index (χ1v) is 16.7. The van der Waals surface area contributed by atoms with Crippen molar-refractivity contribution < 1.29 is 0 Å². The van der Waals surface area contributed by atoms with Crippen LogP contribution in [0.5, 0.6) is 0 Å². The normalized spacial score (nSPS) is 21.1. The van der Waals surface area contributed by atoms with E-state index >= 15 is 0 Å². The Hall–Kier alpha value is -5.28. The van der Waals surface area contributed by atoms with Gasteiger partial charge in [0.15, 0.2) is 6.17 Å². The van der Waals surface area contributed by atoms with Gasteiger partial charge in [-0.05, 0) is 82.0 Å². The Kier molecular flexibility index (Phi) is 7.53. The van der Waals surface area contributed by atoms with Crippen molar-refractivity contribution in [3.05, 3.63) is 173 Å². The molecule has 1 aliphatic heterocycles. The van der Waals surface area contributed by atoms with Gasteiger partial charge in [-0.1, -0.05) is 152 Å². The van der Waals surface area contributed by atoms with Gasteiger partial charge in [0.1, 0.15) is 11.7 Å². The van der Waals surface area contributed by atoms with Crippen LogP contribution in [0.4, 0.5) is 0 Å². The van der Waals surface area contributed by atoms with Gasteiger partial charge >= 0.3 is 0 Å². The molecule has 1 N–H and O–H groups in total. The highest BCUT2D eigenvalue weighted by Gasteiger charge is 2.37. The van der Waals surface area contributed by atoms with E-state index in [0.717, 1.165) is 29.2 Å². The molecular weight excluding hydrogens is 571 g/mol. The lowest BCUT2D eigenvalue weighted by Gasteiger charge is -2.38. The average Bonchev–Trinajstić information content (AvgIpc) is 3.11. The van der Waals surface area contributed by atoms with Crippen molar-refractivity contribution in [1.29, 1.82) is 0 Å². The number of amidine groups is 2. The quantitative estimate of drug-likeness (QED) is 0.194. The molecule has 3 heteroatoms. The van der Waals surface area contributed by atoms with Crippen LogP contribution in [0, 0.1) is 25.7 Å². The van der Waals surface area contributed by atoms with Crippen LogP contribution in [-0.4, -0.2) is 11.7 Å². The summed E-state index contributed by atoms with van der Waals surface area (Å²) in [5, 5.41) is 8.92. The van der Waals surface area contributed by atoms with Gasteiger partial charge < -0.3 is 5.32 Å². The molecule has 0 spiro atoms. The van der Waals surface area contributed by atoms with Gasteiger partial charge in [-0.15, -0.1) is 0 Å². The van der Waals surface area contributed by atoms with Gasteiger partial charge in [0.2, 0.25) is 0 Å². The molecule has 0 radical (unpaired) electrons. The van der Waals surface area contributed by atoms with Gasteiger partial charge in [-0.25, -0.2) is 9.98 Å². The lowest BCUT2D eigenvalue weighted by molar-refractivity contribution is 0.401. The minimum atomic E-state index is -0.313. The molecule has 3 nitrogen and oxygen atoms in total. The minimum absolute atomic E-state index is 0.0581. The molecule has 6 aromatic rings. The molecule has 8 rings (SSSR count). The number of fused-ring (bicyclic) bond motifs is 2. The molecule has 0 aromatic heterocycles. The van der Waals surface area contributed by atoms with Gasteiger partial charge in [0.25, 0.3) is 0 Å². The summed E-state index contributed by atoms with van der Waals surface area (Å²) < 4.78 is 0. The summed E-state index contributed by atoms with van der Waals surface area (Å²) in [6.45, 7) is 6.85. The van der Waals surface area contributed by atoms with Crippen LogP contribution >= 0.6 is 0 Å². The monoisotopic (exact) mass is 609 g/mol. The Morgan fingerprint density at radius 3 is 1.87 bits per heavy atom. The third kappa shape index (κ3) is 5.57. The Balaban J connectivity index is 1.34. The Bertz CT molecular complexity index is 2120. The van der Waals surface area contributed by atoms with Gasteiger partial charge in [-0.2, -0.15) is 0 Å². The van der Waals surface area contributed by atoms with Gasteiger partial charge in [-0.3, -0.25) is 0 Å². The number of aliphatic imine (C=N–C) groups is 2. The van der Waals surface area contributed by atoms with Crippen LogP contribution < -0.4 is 5.32 Å². The maximum Gasteiger partial charge on any atom is 0.169 e. The van der Waals surface area contributed by atoms with Crippen LogP contribution in [-0.2, 0) is 0 Å². The van der Waals surface area contributed by atoms with E-state index in [-0.39, 0.29) is 12.1 Å². The molecule has 4 unspecified atom stereocenters. The second-order valence-corrected chi connectivity index (χ2v) is 13.3. The molecule has 1 aliphatic carbocycles. The van der Waals surface area contributed by atoms with Crippen LogP contribution in [0.2, 0.25) is 0 Å². The van der Waals surface area contributed by atoms with E-state index < -0.39 is 0 Å². The maximum absolute atomic E-state index is 5.39.